The SMILES string of the molecule is O=c1c(-c2ccc(O)cc2)coc2cc(OCCCCBr)ccc12. The largest absolute Gasteiger partial charge is 0.508 e. The Kier molecular flexibility index (Phi) is 5.20. The molecule has 1 aromatic heterocycles. The highest BCUT2D eigenvalue weighted by Gasteiger charge is 2.10. The van der Waals surface area contributed by atoms with Crippen LogP contribution in [-0.2, 0) is 0 Å². The second kappa shape index (κ2) is 7.53. The number of rotatable bonds is 6. The fraction of sp³-hybridized carbons (Fsp3) is 0.211. The molecule has 0 atom stereocenters. The number of alkyl halides is 1. The smallest absolute Gasteiger partial charge is 0.200 e. The molecule has 1 heterocycles. The minimum atomic E-state index is -0.104. The highest BCUT2D eigenvalue weighted by molar-refractivity contribution is 9.09. The minimum Gasteiger partial charge on any atom is -0.508 e. The van der Waals surface area contributed by atoms with Crippen molar-refractivity contribution >= 4 is 26.9 Å². The van der Waals surface area contributed by atoms with Crippen LogP contribution < -0.4 is 10.2 Å². The second-order valence-corrected chi connectivity index (χ2v) is 6.22. The lowest BCUT2D eigenvalue weighted by atomic mass is 10.1. The van der Waals surface area contributed by atoms with Crippen molar-refractivity contribution in [1.82, 2.24) is 0 Å². The van der Waals surface area contributed by atoms with Gasteiger partial charge in [0.05, 0.1) is 17.6 Å². The number of unbranched alkanes of at least 4 members (excludes halogenated alkanes) is 1. The van der Waals surface area contributed by atoms with Gasteiger partial charge < -0.3 is 14.3 Å². The average molecular weight is 389 g/mol. The Bertz CT molecular complexity index is 884. The third kappa shape index (κ3) is 3.62. The van der Waals surface area contributed by atoms with Gasteiger partial charge in [0.15, 0.2) is 5.43 Å². The van der Waals surface area contributed by atoms with Gasteiger partial charge in [0.2, 0.25) is 0 Å². The molecule has 1 N–H and O–H groups in total. The van der Waals surface area contributed by atoms with Crippen LogP contribution in [0.1, 0.15) is 12.8 Å². The number of hydrogen-bond donors (Lipinski definition) is 1. The Balaban J connectivity index is 1.89. The van der Waals surface area contributed by atoms with E-state index in [1.54, 1.807) is 42.5 Å². The second-order valence-electron chi connectivity index (χ2n) is 5.43. The predicted octanol–water partition coefficient (Wildman–Crippen LogP) is 4.72. The van der Waals surface area contributed by atoms with Gasteiger partial charge in [-0.2, -0.15) is 0 Å². The third-order valence-electron chi connectivity index (χ3n) is 3.72. The molecule has 2 aromatic carbocycles. The molecule has 0 fully saturated rings. The van der Waals surface area contributed by atoms with E-state index >= 15 is 0 Å². The fourth-order valence-electron chi connectivity index (χ4n) is 2.43. The first-order valence-electron chi connectivity index (χ1n) is 7.73. The number of aromatic hydroxyl groups is 1. The van der Waals surface area contributed by atoms with Crippen LogP contribution in [0.25, 0.3) is 22.1 Å². The molecule has 0 aliphatic heterocycles. The lowest BCUT2D eigenvalue weighted by Gasteiger charge is -2.07. The van der Waals surface area contributed by atoms with Crippen molar-refractivity contribution in [3.63, 3.8) is 0 Å². The molecule has 3 rings (SSSR count). The molecular weight excluding hydrogens is 372 g/mol. The Morgan fingerprint density at radius 3 is 2.62 bits per heavy atom. The topological polar surface area (TPSA) is 59.7 Å². The van der Waals surface area contributed by atoms with Gasteiger partial charge in [0.25, 0.3) is 0 Å². The fourth-order valence-corrected chi connectivity index (χ4v) is 2.82. The standard InChI is InChI=1S/C19H17BrO4/c20-9-1-2-10-23-15-7-8-16-18(11-15)24-12-17(19(16)22)13-3-5-14(21)6-4-13/h3-8,11-12,21H,1-2,9-10H2. The van der Waals surface area contributed by atoms with E-state index in [-0.39, 0.29) is 11.2 Å². The zero-order valence-corrected chi connectivity index (χ0v) is 14.6. The van der Waals surface area contributed by atoms with Gasteiger partial charge in [-0.3, -0.25) is 4.79 Å². The van der Waals surface area contributed by atoms with E-state index in [1.807, 2.05) is 0 Å². The van der Waals surface area contributed by atoms with Crippen molar-refractivity contribution < 1.29 is 14.3 Å². The average Bonchev–Trinajstić information content (AvgIpc) is 2.60. The number of phenolic OH excluding ortho intramolecular Hbond substituents is 1. The highest BCUT2D eigenvalue weighted by Crippen LogP contribution is 2.24. The maximum Gasteiger partial charge on any atom is 0.200 e. The monoisotopic (exact) mass is 388 g/mol. The normalized spacial score (nSPS) is 10.9. The Hall–Kier alpha value is -2.27. The van der Waals surface area contributed by atoms with Crippen LogP contribution in [0.4, 0.5) is 0 Å². The van der Waals surface area contributed by atoms with E-state index in [2.05, 4.69) is 15.9 Å². The minimum absolute atomic E-state index is 0.104. The van der Waals surface area contributed by atoms with Gasteiger partial charge in [0, 0.05) is 11.4 Å². The summed E-state index contributed by atoms with van der Waals surface area (Å²) < 4.78 is 11.3. The van der Waals surface area contributed by atoms with Crippen LogP contribution in [0.5, 0.6) is 11.5 Å². The van der Waals surface area contributed by atoms with Gasteiger partial charge >= 0.3 is 0 Å². The summed E-state index contributed by atoms with van der Waals surface area (Å²) in [5.74, 6) is 0.850. The lowest BCUT2D eigenvalue weighted by molar-refractivity contribution is 0.310. The summed E-state index contributed by atoms with van der Waals surface area (Å²) in [6, 6.07) is 11.7. The van der Waals surface area contributed by atoms with Crippen molar-refractivity contribution in [3.8, 4) is 22.6 Å². The molecule has 24 heavy (non-hydrogen) atoms. The summed E-state index contributed by atoms with van der Waals surface area (Å²) >= 11 is 3.39. The molecule has 0 aliphatic rings. The number of ether oxygens (including phenoxy) is 1. The van der Waals surface area contributed by atoms with E-state index in [4.69, 9.17) is 9.15 Å². The van der Waals surface area contributed by atoms with Gasteiger partial charge in [-0.25, -0.2) is 0 Å². The van der Waals surface area contributed by atoms with E-state index in [0.717, 1.165) is 18.2 Å². The van der Waals surface area contributed by atoms with Crippen molar-refractivity contribution in [1.29, 1.82) is 0 Å². The molecule has 0 saturated carbocycles. The maximum atomic E-state index is 12.7. The summed E-state index contributed by atoms with van der Waals surface area (Å²) in [5.41, 5.74) is 1.57. The van der Waals surface area contributed by atoms with Crippen molar-refractivity contribution in [2.45, 2.75) is 12.8 Å². The molecule has 3 aromatic rings. The number of phenols is 1. The highest BCUT2D eigenvalue weighted by atomic mass is 79.9. The van der Waals surface area contributed by atoms with E-state index < -0.39 is 0 Å². The van der Waals surface area contributed by atoms with Gasteiger partial charge in [0.1, 0.15) is 23.3 Å². The summed E-state index contributed by atoms with van der Waals surface area (Å²) in [6.45, 7) is 0.632. The first-order valence-corrected chi connectivity index (χ1v) is 8.85. The van der Waals surface area contributed by atoms with E-state index in [9.17, 15) is 9.90 Å². The van der Waals surface area contributed by atoms with Crippen LogP contribution in [0.2, 0.25) is 0 Å². The molecule has 0 saturated heterocycles. The van der Waals surface area contributed by atoms with Crippen LogP contribution in [0.3, 0.4) is 0 Å². The zero-order chi connectivity index (χ0) is 16.9. The van der Waals surface area contributed by atoms with Crippen molar-refractivity contribution in [2.75, 3.05) is 11.9 Å². The van der Waals surface area contributed by atoms with Gasteiger partial charge in [-0.05, 0) is 42.7 Å². The molecule has 0 unspecified atom stereocenters. The molecule has 124 valence electrons. The van der Waals surface area contributed by atoms with Gasteiger partial charge in [-0.15, -0.1) is 0 Å². The lowest BCUT2D eigenvalue weighted by Crippen LogP contribution is -2.05. The first kappa shape index (κ1) is 16.6. The molecule has 0 aliphatic carbocycles. The van der Waals surface area contributed by atoms with E-state index in [1.165, 1.54) is 6.26 Å². The summed E-state index contributed by atoms with van der Waals surface area (Å²) in [5, 5.41) is 10.8. The zero-order valence-electron chi connectivity index (χ0n) is 13.0. The molecule has 4 nitrogen and oxygen atoms in total. The van der Waals surface area contributed by atoms with Crippen molar-refractivity contribution in [2.24, 2.45) is 0 Å². The van der Waals surface area contributed by atoms with Crippen LogP contribution in [0.15, 0.2) is 57.9 Å². The Labute approximate surface area is 147 Å². The maximum absolute atomic E-state index is 12.7. The molecule has 0 amide bonds. The molecule has 5 heteroatoms. The Morgan fingerprint density at radius 1 is 1.08 bits per heavy atom. The van der Waals surface area contributed by atoms with E-state index in [0.29, 0.717) is 34.5 Å². The molecule has 0 bridgehead atoms. The first-order chi connectivity index (χ1) is 11.7. The molecular formula is C19H17BrO4. The van der Waals surface area contributed by atoms with Crippen molar-refractivity contribution in [3.05, 3.63) is 59.0 Å². The molecule has 0 spiro atoms. The molecule has 0 radical (unpaired) electrons. The summed E-state index contributed by atoms with van der Waals surface area (Å²) in [7, 11) is 0. The predicted molar refractivity (Wildman–Crippen MR) is 98.1 cm³/mol. The van der Waals surface area contributed by atoms with Gasteiger partial charge in [-0.1, -0.05) is 28.1 Å². The summed E-state index contributed by atoms with van der Waals surface area (Å²) in [4.78, 5) is 12.7. The third-order valence-corrected chi connectivity index (χ3v) is 4.28. The number of hydrogen-bond acceptors (Lipinski definition) is 4. The van der Waals surface area contributed by atoms with Crippen LogP contribution >= 0.6 is 15.9 Å². The Morgan fingerprint density at radius 2 is 1.88 bits per heavy atom. The quantitative estimate of drug-likeness (QED) is 0.490. The summed E-state index contributed by atoms with van der Waals surface area (Å²) in [6.07, 6.45) is 3.47. The van der Waals surface area contributed by atoms with Crippen LogP contribution in [0, 0.1) is 0 Å². The number of fused-ring (bicyclic) bond motifs is 1. The number of halogens is 1. The number of benzene rings is 2. The van der Waals surface area contributed by atoms with Crippen LogP contribution in [-0.4, -0.2) is 17.0 Å².